The molecule has 0 bridgehead atoms. The predicted octanol–water partition coefficient (Wildman–Crippen LogP) is 4.23. The molecule has 0 saturated carbocycles. The number of amides is 1. The van der Waals surface area contributed by atoms with Crippen LogP contribution >= 0.6 is 0 Å². The molecule has 0 aliphatic rings. The highest BCUT2D eigenvalue weighted by molar-refractivity contribution is 6.02. The average Bonchev–Trinajstić information content (AvgIpc) is 3.32. The summed E-state index contributed by atoms with van der Waals surface area (Å²) in [7, 11) is 3.14. The zero-order chi connectivity index (χ0) is 25.3. The Kier molecular flexibility index (Phi) is 7.73. The maximum Gasteiger partial charge on any atom is 0.262 e. The van der Waals surface area contributed by atoms with E-state index in [4.69, 9.17) is 14.6 Å². The van der Waals surface area contributed by atoms with Gasteiger partial charge in [0, 0.05) is 36.3 Å². The Morgan fingerprint density at radius 1 is 1.06 bits per heavy atom. The Bertz CT molecular complexity index is 1410. The minimum atomic E-state index is -0.476. The van der Waals surface area contributed by atoms with Gasteiger partial charge in [0.05, 0.1) is 26.5 Å². The second-order valence-corrected chi connectivity index (χ2v) is 7.90. The van der Waals surface area contributed by atoms with E-state index in [9.17, 15) is 10.1 Å². The molecule has 0 radical (unpaired) electrons. The number of methoxy groups -OCH3 is 2. The summed E-state index contributed by atoms with van der Waals surface area (Å²) in [5, 5.41) is 17.3. The van der Waals surface area contributed by atoms with Gasteiger partial charge in [0.1, 0.15) is 11.6 Å². The fourth-order valence-corrected chi connectivity index (χ4v) is 3.69. The van der Waals surface area contributed by atoms with Gasteiger partial charge in [-0.1, -0.05) is 36.4 Å². The van der Waals surface area contributed by atoms with E-state index in [2.05, 4.69) is 10.3 Å². The van der Waals surface area contributed by atoms with Crippen molar-refractivity contribution in [2.24, 2.45) is 0 Å². The van der Waals surface area contributed by atoms with Gasteiger partial charge in [-0.3, -0.25) is 14.5 Å². The minimum Gasteiger partial charge on any atom is -0.493 e. The summed E-state index contributed by atoms with van der Waals surface area (Å²) in [6, 6.07) is 21.1. The summed E-state index contributed by atoms with van der Waals surface area (Å²) in [6.45, 7) is 0.797. The fraction of sp³-hybridized carbons (Fsp3) is 0.143. The Morgan fingerprint density at radius 2 is 1.83 bits per heavy atom. The van der Waals surface area contributed by atoms with Crippen LogP contribution in [0.3, 0.4) is 0 Å². The molecule has 36 heavy (non-hydrogen) atoms. The first kappa shape index (κ1) is 24.2. The number of hydrogen-bond donors (Lipinski definition) is 1. The van der Waals surface area contributed by atoms with Crippen molar-refractivity contribution < 1.29 is 14.3 Å². The largest absolute Gasteiger partial charge is 0.493 e. The molecule has 4 aromatic rings. The molecule has 0 fully saturated rings. The lowest BCUT2D eigenvalue weighted by molar-refractivity contribution is -0.117. The topological polar surface area (TPSA) is 102 Å². The van der Waals surface area contributed by atoms with Gasteiger partial charge in [0.15, 0.2) is 11.5 Å². The third kappa shape index (κ3) is 5.77. The molecular formula is C28H25N5O3. The van der Waals surface area contributed by atoms with Crippen LogP contribution < -0.4 is 14.8 Å². The Labute approximate surface area is 209 Å². The van der Waals surface area contributed by atoms with Crippen LogP contribution in [0, 0.1) is 11.3 Å². The number of ether oxygens (including phenoxy) is 2. The molecule has 8 nitrogen and oxygen atoms in total. The number of nitriles is 1. The van der Waals surface area contributed by atoms with Crippen molar-refractivity contribution in [3.63, 3.8) is 0 Å². The fourth-order valence-electron chi connectivity index (χ4n) is 3.69. The van der Waals surface area contributed by atoms with Gasteiger partial charge >= 0.3 is 0 Å². The molecule has 0 unspecified atom stereocenters. The summed E-state index contributed by atoms with van der Waals surface area (Å²) in [4.78, 5) is 16.8. The van der Waals surface area contributed by atoms with E-state index in [-0.39, 0.29) is 12.1 Å². The Hall–Kier alpha value is -4.90. The van der Waals surface area contributed by atoms with Crippen molar-refractivity contribution in [2.45, 2.75) is 13.1 Å². The van der Waals surface area contributed by atoms with Crippen LogP contribution in [0.2, 0.25) is 0 Å². The molecule has 0 aliphatic carbocycles. The SMILES string of the molecule is COc1ccc(-c2nn(Cc3ccccc3)cc2C=C(C#N)C(=O)NCc2cccnc2)cc1OC. The van der Waals surface area contributed by atoms with Crippen LogP contribution in [0.25, 0.3) is 17.3 Å². The zero-order valence-corrected chi connectivity index (χ0v) is 20.0. The van der Waals surface area contributed by atoms with Crippen molar-refractivity contribution in [1.29, 1.82) is 5.26 Å². The molecule has 4 rings (SSSR count). The third-order valence-corrected chi connectivity index (χ3v) is 5.48. The molecule has 8 heteroatoms. The number of benzene rings is 2. The minimum absolute atomic E-state index is 0.0279. The van der Waals surface area contributed by atoms with Crippen LogP contribution in [0.1, 0.15) is 16.7 Å². The highest BCUT2D eigenvalue weighted by atomic mass is 16.5. The number of carbonyl (C=O) groups excluding carboxylic acids is 1. The number of aromatic nitrogens is 3. The van der Waals surface area contributed by atoms with Crippen molar-refractivity contribution in [3.05, 3.63) is 102 Å². The second-order valence-electron chi connectivity index (χ2n) is 7.90. The number of hydrogen-bond acceptors (Lipinski definition) is 6. The summed E-state index contributed by atoms with van der Waals surface area (Å²) in [6.07, 6.45) is 6.71. The van der Waals surface area contributed by atoms with Crippen LogP contribution in [-0.2, 0) is 17.9 Å². The molecular weight excluding hydrogens is 454 g/mol. The summed E-state index contributed by atoms with van der Waals surface area (Å²) in [5.74, 6) is 0.669. The molecule has 2 aromatic heterocycles. The second kappa shape index (κ2) is 11.5. The van der Waals surface area contributed by atoms with E-state index in [0.717, 1.165) is 16.7 Å². The average molecular weight is 480 g/mol. The van der Waals surface area contributed by atoms with Gasteiger partial charge in [-0.05, 0) is 41.5 Å². The zero-order valence-electron chi connectivity index (χ0n) is 20.0. The molecule has 180 valence electrons. The van der Waals surface area contributed by atoms with Crippen molar-refractivity contribution in [1.82, 2.24) is 20.1 Å². The molecule has 0 aliphatic heterocycles. The molecule has 0 atom stereocenters. The standard InChI is InChI=1S/C28H25N5O3/c1-35-25-11-10-22(14-26(25)36-2)27-24(19-33(32-27)18-20-7-4-3-5-8-20)13-23(15-29)28(34)31-17-21-9-6-12-30-16-21/h3-14,16,19H,17-18H2,1-2H3,(H,31,34). The van der Waals surface area contributed by atoms with Gasteiger partial charge < -0.3 is 14.8 Å². The van der Waals surface area contributed by atoms with Crippen molar-refractivity contribution in [3.8, 4) is 28.8 Å². The normalized spacial score (nSPS) is 11.0. The van der Waals surface area contributed by atoms with Crippen LogP contribution in [0.15, 0.2) is 84.8 Å². The van der Waals surface area contributed by atoms with Crippen LogP contribution in [0.5, 0.6) is 11.5 Å². The Balaban J connectivity index is 1.69. The third-order valence-electron chi connectivity index (χ3n) is 5.48. The number of carbonyl (C=O) groups is 1. The van der Waals surface area contributed by atoms with Crippen LogP contribution in [0.4, 0.5) is 0 Å². The van der Waals surface area contributed by atoms with Gasteiger partial charge in [-0.25, -0.2) is 0 Å². The van der Waals surface area contributed by atoms with Crippen molar-refractivity contribution >= 4 is 12.0 Å². The molecule has 1 N–H and O–H groups in total. The number of nitrogens with zero attached hydrogens (tertiary/aromatic N) is 4. The summed E-state index contributed by atoms with van der Waals surface area (Å²) >= 11 is 0. The molecule has 0 saturated heterocycles. The van der Waals surface area contributed by atoms with Gasteiger partial charge in [0.2, 0.25) is 0 Å². The first-order chi connectivity index (χ1) is 17.6. The maximum absolute atomic E-state index is 12.8. The van der Waals surface area contributed by atoms with Gasteiger partial charge in [-0.2, -0.15) is 10.4 Å². The first-order valence-electron chi connectivity index (χ1n) is 11.2. The maximum atomic E-state index is 12.8. The van der Waals surface area contributed by atoms with E-state index in [0.29, 0.717) is 29.3 Å². The van der Waals surface area contributed by atoms with Gasteiger partial charge in [-0.15, -0.1) is 0 Å². The lowest BCUT2D eigenvalue weighted by Gasteiger charge is -2.09. The number of rotatable bonds is 9. The summed E-state index contributed by atoms with van der Waals surface area (Å²) in [5.41, 5.74) is 3.89. The highest BCUT2D eigenvalue weighted by Gasteiger charge is 2.16. The lowest BCUT2D eigenvalue weighted by atomic mass is 10.1. The van der Waals surface area contributed by atoms with E-state index < -0.39 is 5.91 Å². The van der Waals surface area contributed by atoms with Crippen LogP contribution in [-0.4, -0.2) is 34.9 Å². The van der Waals surface area contributed by atoms with E-state index >= 15 is 0 Å². The molecule has 2 heterocycles. The monoisotopic (exact) mass is 479 g/mol. The molecule has 1 amide bonds. The number of nitrogens with one attached hydrogen (secondary N) is 1. The molecule has 2 aromatic carbocycles. The quantitative estimate of drug-likeness (QED) is 0.285. The predicted molar refractivity (Wildman–Crippen MR) is 136 cm³/mol. The van der Waals surface area contributed by atoms with Gasteiger partial charge in [0.25, 0.3) is 5.91 Å². The molecule has 0 spiro atoms. The van der Waals surface area contributed by atoms with Crippen molar-refractivity contribution in [2.75, 3.05) is 14.2 Å². The van der Waals surface area contributed by atoms with E-state index in [1.54, 1.807) is 49.5 Å². The summed E-state index contributed by atoms with van der Waals surface area (Å²) < 4.78 is 12.6. The lowest BCUT2D eigenvalue weighted by Crippen LogP contribution is -2.24. The van der Waals surface area contributed by atoms with E-state index in [1.807, 2.05) is 60.8 Å². The number of pyridine rings is 1. The highest BCUT2D eigenvalue weighted by Crippen LogP contribution is 2.33. The smallest absolute Gasteiger partial charge is 0.262 e. The Morgan fingerprint density at radius 3 is 2.53 bits per heavy atom. The first-order valence-corrected chi connectivity index (χ1v) is 11.2. The van der Waals surface area contributed by atoms with E-state index in [1.165, 1.54) is 0 Å².